The molecule has 0 radical (unpaired) electrons. The first-order valence-corrected chi connectivity index (χ1v) is 8.63. The van der Waals surface area contributed by atoms with Gasteiger partial charge in [-0.25, -0.2) is 14.4 Å². The molecule has 0 N–H and O–H groups in total. The third-order valence-electron chi connectivity index (χ3n) is 3.32. The molecule has 0 spiro atoms. The second-order valence-corrected chi connectivity index (χ2v) is 6.80. The van der Waals surface area contributed by atoms with Crippen molar-refractivity contribution in [2.45, 2.75) is 19.4 Å². The molecule has 0 fully saturated rings. The molecule has 0 aliphatic rings. The minimum Gasteiger partial charge on any atom is -0.318 e. The van der Waals surface area contributed by atoms with Gasteiger partial charge in [0.15, 0.2) is 0 Å². The lowest BCUT2D eigenvalue weighted by molar-refractivity contribution is 0.608. The van der Waals surface area contributed by atoms with Crippen molar-refractivity contribution in [2.24, 2.45) is 0 Å². The minimum absolute atomic E-state index is 0.00575. The second kappa shape index (κ2) is 6.02. The average molecular weight is 389 g/mol. The Balaban J connectivity index is 2.22. The summed E-state index contributed by atoms with van der Waals surface area (Å²) in [6.45, 7) is 2.04. The molecule has 110 valence electrons. The summed E-state index contributed by atoms with van der Waals surface area (Å²) in [7, 11) is 0. The van der Waals surface area contributed by atoms with Crippen LogP contribution in [0, 0.1) is 5.82 Å². The largest absolute Gasteiger partial charge is 0.318 e. The highest BCUT2D eigenvalue weighted by Gasteiger charge is 2.20. The minimum atomic E-state index is -0.299. The van der Waals surface area contributed by atoms with Crippen molar-refractivity contribution >= 4 is 49.9 Å². The number of benzene rings is 1. The predicted molar refractivity (Wildman–Crippen MR) is 87.7 cm³/mol. The highest BCUT2D eigenvalue weighted by molar-refractivity contribution is 9.10. The van der Waals surface area contributed by atoms with Gasteiger partial charge in [-0.05, 0) is 28.9 Å². The van der Waals surface area contributed by atoms with Gasteiger partial charge in [-0.3, -0.25) is 0 Å². The van der Waals surface area contributed by atoms with Crippen LogP contribution in [0.3, 0.4) is 0 Å². The molecule has 1 atom stereocenters. The molecule has 21 heavy (non-hydrogen) atoms. The smallest absolute Gasteiger partial charge is 0.139 e. The molecule has 7 heteroatoms. The summed E-state index contributed by atoms with van der Waals surface area (Å²) in [5.41, 5.74) is 1.52. The third kappa shape index (κ3) is 2.72. The van der Waals surface area contributed by atoms with Crippen LogP contribution in [0.5, 0.6) is 0 Å². The molecule has 3 aromatic rings. The fourth-order valence-corrected chi connectivity index (χ4v) is 3.57. The molecule has 0 aliphatic carbocycles. The normalized spacial score (nSPS) is 13.0. The topological polar surface area (TPSA) is 30.7 Å². The zero-order valence-electron chi connectivity index (χ0n) is 11.2. The summed E-state index contributed by atoms with van der Waals surface area (Å²) < 4.78 is 16.3. The first-order valence-electron chi connectivity index (χ1n) is 6.43. The van der Waals surface area contributed by atoms with Crippen molar-refractivity contribution in [3.8, 4) is 0 Å². The predicted octanol–water partition coefficient (Wildman–Crippen LogP) is 4.79. The Morgan fingerprint density at radius 2 is 2.29 bits per heavy atom. The monoisotopic (exact) mass is 387 g/mol. The van der Waals surface area contributed by atoms with Crippen LogP contribution in [0.15, 0.2) is 28.2 Å². The van der Waals surface area contributed by atoms with Gasteiger partial charge in [-0.1, -0.05) is 0 Å². The molecule has 3 nitrogen and oxygen atoms in total. The Kier molecular flexibility index (Phi) is 4.28. The summed E-state index contributed by atoms with van der Waals surface area (Å²) in [4.78, 5) is 8.95. The van der Waals surface area contributed by atoms with Crippen LogP contribution in [-0.2, 0) is 6.42 Å². The number of aromatic nitrogens is 3. The van der Waals surface area contributed by atoms with Gasteiger partial charge in [0.2, 0.25) is 0 Å². The molecule has 0 saturated heterocycles. The van der Waals surface area contributed by atoms with Gasteiger partial charge < -0.3 is 4.57 Å². The van der Waals surface area contributed by atoms with Gasteiger partial charge in [0, 0.05) is 29.9 Å². The molecule has 1 unspecified atom stereocenters. The Labute approximate surface area is 138 Å². The maximum Gasteiger partial charge on any atom is 0.139 e. The summed E-state index contributed by atoms with van der Waals surface area (Å²) in [5, 5.41) is 2.90. The Hall–Kier alpha value is -0.980. The van der Waals surface area contributed by atoms with Gasteiger partial charge >= 0.3 is 0 Å². The molecular weight excluding hydrogens is 377 g/mol. The van der Waals surface area contributed by atoms with E-state index in [-0.39, 0.29) is 11.9 Å². The van der Waals surface area contributed by atoms with Crippen LogP contribution in [0.25, 0.3) is 11.0 Å². The number of hydrogen-bond donors (Lipinski definition) is 0. The van der Waals surface area contributed by atoms with Crippen molar-refractivity contribution in [2.75, 3.05) is 5.88 Å². The van der Waals surface area contributed by atoms with Crippen LogP contribution in [-0.4, -0.2) is 20.4 Å². The van der Waals surface area contributed by atoms with Crippen LogP contribution in [0.1, 0.15) is 23.8 Å². The first kappa shape index (κ1) is 14.9. The van der Waals surface area contributed by atoms with E-state index in [1.165, 1.54) is 6.07 Å². The number of nitrogens with zero attached hydrogens (tertiary/aromatic N) is 3. The maximum absolute atomic E-state index is 13.9. The first-order chi connectivity index (χ1) is 10.1. The van der Waals surface area contributed by atoms with Gasteiger partial charge in [-0.15, -0.1) is 22.9 Å². The summed E-state index contributed by atoms with van der Waals surface area (Å²) in [5.74, 6) is 1.02. The Morgan fingerprint density at radius 1 is 1.48 bits per heavy atom. The zero-order valence-corrected chi connectivity index (χ0v) is 14.3. The van der Waals surface area contributed by atoms with Crippen LogP contribution >= 0.6 is 38.9 Å². The summed E-state index contributed by atoms with van der Waals surface area (Å²) in [6, 6.07) is 3.20. The number of hydrogen-bond acceptors (Lipinski definition) is 3. The maximum atomic E-state index is 13.9. The molecular formula is C14H12BrClFN3S. The summed E-state index contributed by atoms with van der Waals surface area (Å²) >= 11 is 10.7. The van der Waals surface area contributed by atoms with E-state index < -0.39 is 0 Å². The van der Waals surface area contributed by atoms with E-state index in [9.17, 15) is 4.39 Å². The lowest BCUT2D eigenvalue weighted by atomic mass is 10.2. The van der Waals surface area contributed by atoms with E-state index in [0.717, 1.165) is 21.9 Å². The lowest BCUT2D eigenvalue weighted by Gasteiger charge is -2.15. The molecule has 1 aromatic carbocycles. The lowest BCUT2D eigenvalue weighted by Crippen LogP contribution is -2.11. The fourth-order valence-electron chi connectivity index (χ4n) is 2.38. The molecule has 3 rings (SSSR count). The number of halogens is 3. The van der Waals surface area contributed by atoms with Crippen LogP contribution < -0.4 is 0 Å². The molecule has 2 heterocycles. The standard InChI is InChI=1S/C14H12BrClFN3S/c1-8(14-18-4-5-21-14)20-12-7-10(17)9(15)6-11(12)19-13(20)2-3-16/h4-8H,2-3H2,1H3. The number of fused-ring (bicyclic) bond motifs is 1. The van der Waals surface area contributed by atoms with Crippen molar-refractivity contribution < 1.29 is 4.39 Å². The SMILES string of the molecule is CC(c1nccs1)n1c(CCCl)nc2cc(Br)c(F)cc21. The number of rotatable bonds is 4. The summed E-state index contributed by atoms with van der Waals surface area (Å²) in [6.07, 6.45) is 2.40. The van der Waals surface area contributed by atoms with Crippen molar-refractivity contribution in [1.82, 2.24) is 14.5 Å². The van der Waals surface area contributed by atoms with Crippen LogP contribution in [0.2, 0.25) is 0 Å². The molecule has 0 bridgehead atoms. The van der Waals surface area contributed by atoms with Gasteiger partial charge in [0.25, 0.3) is 0 Å². The van der Waals surface area contributed by atoms with E-state index in [4.69, 9.17) is 11.6 Å². The highest BCUT2D eigenvalue weighted by atomic mass is 79.9. The van der Waals surface area contributed by atoms with Gasteiger partial charge in [0.1, 0.15) is 16.6 Å². The number of imidazole rings is 1. The van der Waals surface area contributed by atoms with E-state index in [0.29, 0.717) is 16.8 Å². The fraction of sp³-hybridized carbons (Fsp3) is 0.286. The van der Waals surface area contributed by atoms with Crippen molar-refractivity contribution in [3.05, 3.63) is 44.8 Å². The zero-order chi connectivity index (χ0) is 15.0. The Bertz CT molecular complexity index is 772. The Morgan fingerprint density at radius 3 is 2.95 bits per heavy atom. The van der Waals surface area contributed by atoms with Crippen LogP contribution in [0.4, 0.5) is 4.39 Å². The highest BCUT2D eigenvalue weighted by Crippen LogP contribution is 2.30. The number of thiazole rings is 1. The number of alkyl halides is 1. The van der Waals surface area contributed by atoms with Gasteiger partial charge in [0.05, 0.1) is 21.5 Å². The van der Waals surface area contributed by atoms with E-state index in [2.05, 4.69) is 25.9 Å². The van der Waals surface area contributed by atoms with E-state index in [1.807, 2.05) is 16.9 Å². The molecule has 0 aliphatic heterocycles. The molecule has 0 amide bonds. The second-order valence-electron chi connectivity index (χ2n) is 4.64. The number of aryl methyl sites for hydroxylation is 1. The quantitative estimate of drug-likeness (QED) is 0.602. The third-order valence-corrected chi connectivity index (χ3v) is 5.06. The van der Waals surface area contributed by atoms with Crippen molar-refractivity contribution in [3.63, 3.8) is 0 Å². The molecule has 2 aromatic heterocycles. The average Bonchev–Trinajstić information content (AvgIpc) is 3.07. The van der Waals surface area contributed by atoms with Crippen molar-refractivity contribution in [1.29, 1.82) is 0 Å². The van der Waals surface area contributed by atoms with Gasteiger partial charge in [-0.2, -0.15) is 0 Å². The van der Waals surface area contributed by atoms with E-state index >= 15 is 0 Å². The molecule has 0 saturated carbocycles. The van der Waals surface area contributed by atoms with E-state index in [1.54, 1.807) is 23.6 Å².